The zero-order valence-corrected chi connectivity index (χ0v) is 12.3. The molecule has 1 amide bonds. The smallest absolute Gasteiger partial charge is 0.228 e. The lowest BCUT2D eigenvalue weighted by Gasteiger charge is -2.37. The minimum absolute atomic E-state index is 0.113. The summed E-state index contributed by atoms with van der Waals surface area (Å²) in [5.74, 6) is 0.873. The molecule has 0 aromatic heterocycles. The van der Waals surface area contributed by atoms with E-state index in [4.69, 9.17) is 4.74 Å². The maximum Gasteiger partial charge on any atom is 0.228 e. The molecule has 4 heteroatoms. The van der Waals surface area contributed by atoms with Crippen LogP contribution in [0.2, 0.25) is 0 Å². The third-order valence-electron chi connectivity index (χ3n) is 4.72. The summed E-state index contributed by atoms with van der Waals surface area (Å²) in [5.41, 5.74) is 1.73. The predicted molar refractivity (Wildman–Crippen MR) is 79.2 cm³/mol. The van der Waals surface area contributed by atoms with Crippen LogP contribution in [-0.4, -0.2) is 25.7 Å². The van der Waals surface area contributed by atoms with E-state index in [1.54, 1.807) is 0 Å². The highest BCUT2D eigenvalue weighted by molar-refractivity contribution is 5.83. The molecule has 0 atom stereocenters. The molecule has 0 spiro atoms. The summed E-state index contributed by atoms with van der Waals surface area (Å²) in [5, 5.41) is 2.89. The lowest BCUT2D eigenvalue weighted by molar-refractivity contribution is -0.137. The molecule has 2 aliphatic rings. The monoisotopic (exact) mass is 291 g/mol. The zero-order chi connectivity index (χ0) is 14.7. The van der Waals surface area contributed by atoms with Gasteiger partial charge in [0.25, 0.3) is 0 Å². The van der Waals surface area contributed by atoms with Crippen molar-refractivity contribution in [2.45, 2.75) is 38.5 Å². The van der Waals surface area contributed by atoms with Crippen LogP contribution in [0.4, 0.5) is 4.39 Å². The molecule has 114 valence electrons. The van der Waals surface area contributed by atoms with E-state index in [1.807, 2.05) is 12.1 Å². The van der Waals surface area contributed by atoms with Crippen molar-refractivity contribution in [2.24, 2.45) is 5.41 Å². The Morgan fingerprint density at radius 2 is 2.19 bits per heavy atom. The van der Waals surface area contributed by atoms with E-state index in [9.17, 15) is 9.18 Å². The molecule has 1 aliphatic heterocycles. The van der Waals surface area contributed by atoms with Crippen LogP contribution in [0, 0.1) is 5.41 Å². The molecule has 1 aromatic carbocycles. The Kier molecular flexibility index (Phi) is 4.13. The highest BCUT2D eigenvalue weighted by Gasteiger charge is 2.44. The second-order valence-electron chi connectivity index (χ2n) is 6.17. The van der Waals surface area contributed by atoms with Crippen molar-refractivity contribution in [3.05, 3.63) is 29.3 Å². The molecule has 0 radical (unpaired) electrons. The van der Waals surface area contributed by atoms with E-state index >= 15 is 0 Å². The minimum Gasteiger partial charge on any atom is -0.493 e. The summed E-state index contributed by atoms with van der Waals surface area (Å²) in [7, 11) is 0. The number of halogens is 1. The van der Waals surface area contributed by atoms with E-state index in [0.717, 1.165) is 38.0 Å². The quantitative estimate of drug-likeness (QED) is 0.906. The predicted octanol–water partition coefficient (Wildman–Crippen LogP) is 2.81. The molecule has 1 aromatic rings. The number of amides is 1. The van der Waals surface area contributed by atoms with Gasteiger partial charge in [0.15, 0.2) is 0 Å². The maximum absolute atomic E-state index is 13.0. The fourth-order valence-corrected chi connectivity index (χ4v) is 3.10. The molecular formula is C17H22FNO2. The first-order valence-corrected chi connectivity index (χ1v) is 7.82. The second kappa shape index (κ2) is 6.04. The number of hydrogen-bond acceptors (Lipinski definition) is 2. The Labute approximate surface area is 124 Å². The van der Waals surface area contributed by atoms with Crippen molar-refractivity contribution < 1.29 is 13.9 Å². The van der Waals surface area contributed by atoms with E-state index in [1.165, 1.54) is 11.1 Å². The van der Waals surface area contributed by atoms with Crippen LogP contribution in [0.5, 0.6) is 5.75 Å². The van der Waals surface area contributed by atoms with E-state index < -0.39 is 12.1 Å². The fraction of sp³-hybridized carbons (Fsp3) is 0.588. The van der Waals surface area contributed by atoms with Crippen LogP contribution in [0.25, 0.3) is 0 Å². The number of alkyl halides is 1. The Morgan fingerprint density at radius 3 is 2.90 bits per heavy atom. The average Bonchev–Trinajstić information content (AvgIpc) is 2.46. The SMILES string of the molecule is O=C(NCCc1ccc2c(c1)CCCO2)C1(CF)CCC1. The van der Waals surface area contributed by atoms with Gasteiger partial charge in [-0.15, -0.1) is 0 Å². The molecule has 3 rings (SSSR count). The van der Waals surface area contributed by atoms with Crippen molar-refractivity contribution in [1.82, 2.24) is 5.32 Å². The third kappa shape index (κ3) is 2.89. The number of carbonyl (C=O) groups excluding carboxylic acids is 1. The van der Waals surface area contributed by atoms with E-state index in [2.05, 4.69) is 11.4 Å². The number of nitrogens with one attached hydrogen (secondary N) is 1. The lowest BCUT2D eigenvalue weighted by atomic mass is 9.69. The standard InChI is InChI=1S/C17H22FNO2/c18-12-17(7-2-8-17)16(20)19-9-6-13-4-5-15-14(11-13)3-1-10-21-15/h4-5,11H,1-3,6-10,12H2,(H,19,20). The van der Waals surface area contributed by atoms with Crippen molar-refractivity contribution >= 4 is 5.91 Å². The molecule has 0 bridgehead atoms. The minimum atomic E-state index is -0.719. The normalized spacial score (nSPS) is 19.1. The summed E-state index contributed by atoms with van der Waals surface area (Å²) in [6.45, 7) is 0.836. The maximum atomic E-state index is 13.0. The van der Waals surface area contributed by atoms with Gasteiger partial charge >= 0.3 is 0 Å². The zero-order valence-electron chi connectivity index (χ0n) is 12.3. The number of ether oxygens (including phenoxy) is 1. The fourth-order valence-electron chi connectivity index (χ4n) is 3.10. The summed E-state index contributed by atoms with van der Waals surface area (Å²) in [4.78, 5) is 12.0. The van der Waals surface area contributed by atoms with Gasteiger partial charge < -0.3 is 10.1 Å². The molecule has 3 nitrogen and oxygen atoms in total. The van der Waals surface area contributed by atoms with Crippen LogP contribution in [0.15, 0.2) is 18.2 Å². The Morgan fingerprint density at radius 1 is 1.33 bits per heavy atom. The lowest BCUT2D eigenvalue weighted by Crippen LogP contribution is -2.47. The van der Waals surface area contributed by atoms with Crippen molar-refractivity contribution in [3.8, 4) is 5.75 Å². The van der Waals surface area contributed by atoms with Gasteiger partial charge in [-0.1, -0.05) is 18.6 Å². The van der Waals surface area contributed by atoms with Crippen LogP contribution in [0.3, 0.4) is 0 Å². The molecule has 1 N–H and O–H groups in total. The number of hydrogen-bond donors (Lipinski definition) is 1. The molecule has 0 unspecified atom stereocenters. The first-order chi connectivity index (χ1) is 10.2. The van der Waals surface area contributed by atoms with Crippen LogP contribution in [-0.2, 0) is 17.6 Å². The van der Waals surface area contributed by atoms with Crippen molar-refractivity contribution in [3.63, 3.8) is 0 Å². The molecule has 0 saturated heterocycles. The first-order valence-electron chi connectivity index (χ1n) is 7.82. The van der Waals surface area contributed by atoms with Gasteiger partial charge in [0.2, 0.25) is 5.91 Å². The summed E-state index contributed by atoms with van der Waals surface area (Å²) >= 11 is 0. The van der Waals surface area contributed by atoms with Crippen molar-refractivity contribution in [1.29, 1.82) is 0 Å². The first kappa shape index (κ1) is 14.4. The molecular weight excluding hydrogens is 269 g/mol. The van der Waals surface area contributed by atoms with E-state index in [-0.39, 0.29) is 5.91 Å². The van der Waals surface area contributed by atoms with Crippen LogP contribution >= 0.6 is 0 Å². The highest BCUT2D eigenvalue weighted by Crippen LogP contribution is 2.41. The Balaban J connectivity index is 1.52. The number of aryl methyl sites for hydroxylation is 1. The molecule has 1 heterocycles. The summed E-state index contributed by atoms with van der Waals surface area (Å²) in [6.07, 6.45) is 5.23. The van der Waals surface area contributed by atoms with Gasteiger partial charge in [0.1, 0.15) is 12.4 Å². The van der Waals surface area contributed by atoms with Gasteiger partial charge in [-0.2, -0.15) is 0 Å². The van der Waals surface area contributed by atoms with Gasteiger partial charge in [0, 0.05) is 6.54 Å². The number of fused-ring (bicyclic) bond motifs is 1. The largest absolute Gasteiger partial charge is 0.493 e. The molecule has 21 heavy (non-hydrogen) atoms. The van der Waals surface area contributed by atoms with Gasteiger partial charge in [-0.05, 0) is 49.3 Å². The number of benzene rings is 1. The van der Waals surface area contributed by atoms with Gasteiger partial charge in [-0.25, -0.2) is 4.39 Å². The van der Waals surface area contributed by atoms with Gasteiger partial charge in [-0.3, -0.25) is 4.79 Å². The molecule has 1 fully saturated rings. The van der Waals surface area contributed by atoms with E-state index in [0.29, 0.717) is 19.4 Å². The van der Waals surface area contributed by atoms with Gasteiger partial charge in [0.05, 0.1) is 12.0 Å². The average molecular weight is 291 g/mol. The summed E-state index contributed by atoms with van der Waals surface area (Å²) < 4.78 is 18.6. The topological polar surface area (TPSA) is 38.3 Å². The van der Waals surface area contributed by atoms with Crippen LogP contribution in [0.1, 0.15) is 36.8 Å². The molecule has 1 saturated carbocycles. The summed E-state index contributed by atoms with van der Waals surface area (Å²) in [6, 6.07) is 6.22. The number of carbonyl (C=O) groups is 1. The third-order valence-corrected chi connectivity index (χ3v) is 4.72. The second-order valence-corrected chi connectivity index (χ2v) is 6.17. The van der Waals surface area contributed by atoms with Crippen LogP contribution < -0.4 is 10.1 Å². The Bertz CT molecular complexity index is 520. The highest BCUT2D eigenvalue weighted by atomic mass is 19.1. The Hall–Kier alpha value is -1.58. The number of rotatable bonds is 5. The molecule has 1 aliphatic carbocycles. The van der Waals surface area contributed by atoms with Crippen molar-refractivity contribution in [2.75, 3.05) is 19.8 Å².